The third kappa shape index (κ3) is 5.31. The van der Waals surface area contributed by atoms with Crippen LogP contribution in [-0.4, -0.2) is 25.3 Å². The first-order chi connectivity index (χ1) is 10.6. The van der Waals surface area contributed by atoms with Gasteiger partial charge in [0.25, 0.3) is 10.1 Å². The molecule has 140 valence electrons. The van der Waals surface area contributed by atoms with Gasteiger partial charge < -0.3 is 0 Å². The molecule has 0 aromatic carbocycles. The summed E-state index contributed by atoms with van der Waals surface area (Å²) in [5.41, 5.74) is 0. The summed E-state index contributed by atoms with van der Waals surface area (Å²) in [4.78, 5) is 0.0655. The molecule has 1 aromatic heterocycles. The van der Waals surface area contributed by atoms with Crippen LogP contribution in [0.15, 0.2) is 4.90 Å². The minimum Gasteiger partial charge on any atom is -0.266 e. The van der Waals surface area contributed by atoms with E-state index >= 15 is 0 Å². The van der Waals surface area contributed by atoms with E-state index in [9.17, 15) is 8.42 Å². The Morgan fingerprint density at radius 3 is 1.88 bits per heavy atom. The summed E-state index contributed by atoms with van der Waals surface area (Å²) in [6, 6.07) is 0. The first kappa shape index (κ1) is 22.7. The van der Waals surface area contributed by atoms with Crippen LogP contribution in [0.25, 0.3) is 0 Å². The first-order valence-electron chi connectivity index (χ1n) is 7.76. The van der Waals surface area contributed by atoms with Gasteiger partial charge in [-0.3, -0.25) is 4.18 Å². The molecule has 0 spiro atoms. The highest BCUT2D eigenvalue weighted by molar-refractivity contribution is 7.88. The molecular weight excluding hydrogens is 406 g/mol. The summed E-state index contributed by atoms with van der Waals surface area (Å²) in [6.07, 6.45) is 0. The fourth-order valence-corrected chi connectivity index (χ4v) is 11.2. The van der Waals surface area contributed by atoms with Gasteiger partial charge in [0, 0.05) is 5.30 Å². The van der Waals surface area contributed by atoms with Gasteiger partial charge in [0.15, 0.2) is 0 Å². The molecule has 8 heteroatoms. The zero-order chi connectivity index (χ0) is 19.1. The maximum Gasteiger partial charge on any atom is 0.300 e. The lowest BCUT2D eigenvalue weighted by Crippen LogP contribution is -2.33. The Morgan fingerprint density at radius 2 is 1.50 bits per heavy atom. The lowest BCUT2D eigenvalue weighted by atomic mass is 10.2. The van der Waals surface area contributed by atoms with Crippen molar-refractivity contribution in [2.75, 3.05) is 6.61 Å². The average molecular weight is 433 g/mol. The highest BCUT2D eigenvalue weighted by Gasteiger charge is 2.42. The molecule has 0 radical (unpaired) electrons. The highest BCUT2D eigenvalue weighted by atomic mass is 35.5. The first-order valence-corrected chi connectivity index (χ1v) is 12.1. The molecular formula is C16H27Cl2O3PS2. The molecule has 0 unspecified atom stereocenters. The molecule has 1 heterocycles. The molecule has 0 bridgehead atoms. The molecule has 0 saturated carbocycles. The van der Waals surface area contributed by atoms with Crippen LogP contribution in [0.3, 0.4) is 0 Å². The van der Waals surface area contributed by atoms with Crippen molar-refractivity contribution in [1.29, 1.82) is 0 Å². The molecule has 1 aromatic rings. The van der Waals surface area contributed by atoms with Gasteiger partial charge in [0.05, 0.1) is 6.61 Å². The quantitative estimate of drug-likeness (QED) is 0.415. The number of hydrogen-bond donors (Lipinski definition) is 0. The predicted octanol–water partition coefficient (Wildman–Crippen LogP) is 6.12. The third-order valence-corrected chi connectivity index (χ3v) is 10.3. The van der Waals surface area contributed by atoms with Gasteiger partial charge in [-0.2, -0.15) is 8.42 Å². The van der Waals surface area contributed by atoms with E-state index in [0.717, 1.165) is 11.3 Å². The van der Waals surface area contributed by atoms with E-state index in [1.165, 1.54) is 0 Å². The van der Waals surface area contributed by atoms with E-state index in [-0.39, 0.29) is 32.1 Å². The second-order valence-corrected chi connectivity index (χ2v) is 15.7. The molecule has 0 aliphatic rings. The van der Waals surface area contributed by atoms with E-state index in [1.54, 1.807) is 0 Å². The Kier molecular flexibility index (Phi) is 7.27. The van der Waals surface area contributed by atoms with Crippen LogP contribution < -0.4 is 5.30 Å². The van der Waals surface area contributed by atoms with E-state index in [4.69, 9.17) is 27.4 Å². The Hall–Kier alpha value is 0.620. The lowest BCUT2D eigenvalue weighted by Gasteiger charge is -2.41. The van der Waals surface area contributed by atoms with Gasteiger partial charge in [-0.05, 0) is 16.2 Å². The van der Waals surface area contributed by atoms with Crippen LogP contribution >= 0.6 is 42.5 Å². The van der Waals surface area contributed by atoms with Crippen LogP contribution in [0.5, 0.6) is 0 Å². The van der Waals surface area contributed by atoms with E-state index in [2.05, 4.69) is 41.5 Å². The molecule has 0 aliphatic carbocycles. The summed E-state index contributed by atoms with van der Waals surface area (Å²) >= 11 is 13.8. The number of rotatable bonds is 5. The third-order valence-electron chi connectivity index (χ3n) is 3.13. The second-order valence-electron chi connectivity index (χ2n) is 8.14. The Balaban J connectivity index is 3.62. The smallest absolute Gasteiger partial charge is 0.266 e. The summed E-state index contributed by atoms with van der Waals surface area (Å²) in [5, 5.41) is 0.374. The van der Waals surface area contributed by atoms with Gasteiger partial charge >= 0.3 is 0 Å². The van der Waals surface area contributed by atoms with Crippen molar-refractivity contribution in [1.82, 2.24) is 0 Å². The van der Waals surface area contributed by atoms with Gasteiger partial charge in [-0.25, -0.2) is 0 Å². The molecule has 0 fully saturated rings. The van der Waals surface area contributed by atoms with E-state index in [1.807, 2.05) is 13.8 Å². The summed E-state index contributed by atoms with van der Waals surface area (Å²) in [7, 11) is -4.87. The normalized spacial score (nSPS) is 14.0. The van der Waals surface area contributed by atoms with Crippen LogP contribution in [-0.2, 0) is 14.3 Å². The number of halogens is 2. The SMILES string of the molecule is CC(C)COS(=O)(=O)c1c(Cl)sc(Cl)c1P(C(C)(C)C)C(C)(C)C. The zero-order valence-electron chi connectivity index (χ0n) is 15.5. The van der Waals surface area contributed by atoms with Crippen molar-refractivity contribution in [2.24, 2.45) is 5.92 Å². The van der Waals surface area contributed by atoms with Crippen molar-refractivity contribution in [3.05, 3.63) is 8.67 Å². The van der Waals surface area contributed by atoms with Crippen LogP contribution in [0.1, 0.15) is 55.4 Å². The topological polar surface area (TPSA) is 43.4 Å². The Labute approximate surface area is 162 Å². The van der Waals surface area contributed by atoms with Gasteiger partial charge in [-0.1, -0.05) is 86.5 Å². The summed E-state index contributed by atoms with van der Waals surface area (Å²) in [6.45, 7) is 16.6. The van der Waals surface area contributed by atoms with Crippen LogP contribution in [0, 0.1) is 5.92 Å². The Bertz CT molecular complexity index is 669. The van der Waals surface area contributed by atoms with Crippen molar-refractivity contribution < 1.29 is 12.6 Å². The van der Waals surface area contributed by atoms with Gasteiger partial charge in [0.2, 0.25) is 0 Å². The molecule has 0 N–H and O–H groups in total. The van der Waals surface area contributed by atoms with Crippen molar-refractivity contribution in [2.45, 2.75) is 70.6 Å². The highest BCUT2D eigenvalue weighted by Crippen LogP contribution is 2.61. The fraction of sp³-hybridized carbons (Fsp3) is 0.750. The average Bonchev–Trinajstić information content (AvgIpc) is 2.59. The van der Waals surface area contributed by atoms with Crippen LogP contribution in [0.4, 0.5) is 0 Å². The van der Waals surface area contributed by atoms with Gasteiger partial charge in [0.1, 0.15) is 13.6 Å². The standard InChI is InChI=1S/C16H27Cl2O3PS2/c1-10(2)9-21-24(19,20)12-11(13(17)23-14(12)18)22(15(3,4)5)16(6,7)8/h10H,9H2,1-8H3. The molecule has 0 amide bonds. The minimum absolute atomic E-state index is 0.0655. The molecule has 0 atom stereocenters. The van der Waals surface area contributed by atoms with E-state index < -0.39 is 18.0 Å². The molecule has 1 rings (SSSR count). The monoisotopic (exact) mass is 432 g/mol. The second kappa shape index (κ2) is 7.70. The van der Waals surface area contributed by atoms with Crippen molar-refractivity contribution in [3.8, 4) is 0 Å². The molecule has 24 heavy (non-hydrogen) atoms. The lowest BCUT2D eigenvalue weighted by molar-refractivity contribution is 0.275. The summed E-state index contributed by atoms with van der Waals surface area (Å²) in [5.74, 6) is 0.0999. The maximum atomic E-state index is 12.8. The Morgan fingerprint density at radius 1 is 1.04 bits per heavy atom. The van der Waals surface area contributed by atoms with Crippen molar-refractivity contribution >= 4 is 57.9 Å². The number of hydrogen-bond acceptors (Lipinski definition) is 4. The minimum atomic E-state index is -3.95. The zero-order valence-corrected chi connectivity index (χ0v) is 19.6. The fourth-order valence-electron chi connectivity index (χ4n) is 2.72. The molecule has 0 saturated heterocycles. The van der Waals surface area contributed by atoms with Crippen molar-refractivity contribution in [3.63, 3.8) is 0 Å². The predicted molar refractivity (Wildman–Crippen MR) is 108 cm³/mol. The number of thiophene rings is 1. The van der Waals surface area contributed by atoms with Gasteiger partial charge in [-0.15, -0.1) is 11.3 Å². The van der Waals surface area contributed by atoms with Crippen LogP contribution in [0.2, 0.25) is 8.67 Å². The molecule has 3 nitrogen and oxygen atoms in total. The molecule has 0 aliphatic heterocycles. The largest absolute Gasteiger partial charge is 0.300 e. The summed E-state index contributed by atoms with van der Waals surface area (Å²) < 4.78 is 31.5. The van der Waals surface area contributed by atoms with E-state index in [0.29, 0.717) is 9.64 Å². The maximum absolute atomic E-state index is 12.8.